The van der Waals surface area contributed by atoms with Crippen LogP contribution in [0.25, 0.3) is 0 Å². The highest BCUT2D eigenvalue weighted by atomic mass is 19.4. The minimum Gasteiger partial charge on any atom is -0.406 e. The van der Waals surface area contributed by atoms with Gasteiger partial charge in [0.05, 0.1) is 0 Å². The molecule has 1 aliphatic rings. The molecule has 1 heterocycles. The van der Waals surface area contributed by atoms with E-state index >= 15 is 0 Å². The third-order valence-corrected chi connectivity index (χ3v) is 4.66. The summed E-state index contributed by atoms with van der Waals surface area (Å²) in [6.07, 6.45) is -2.16. The van der Waals surface area contributed by atoms with Crippen LogP contribution in [-0.4, -0.2) is 22.1 Å². The minimum absolute atomic E-state index is 0.106. The summed E-state index contributed by atoms with van der Waals surface area (Å²) in [4.78, 5) is 30.7. The number of H-pyrrole nitrogens is 1. The molecule has 2 aromatic rings. The zero-order chi connectivity index (χ0) is 18.9. The first-order valence-electron chi connectivity index (χ1n) is 8.14. The lowest BCUT2D eigenvalue weighted by Crippen LogP contribution is -2.37. The van der Waals surface area contributed by atoms with E-state index in [1.54, 1.807) is 19.1 Å². The number of alkyl halides is 3. The lowest BCUT2D eigenvalue weighted by Gasteiger charge is -2.42. The molecule has 0 atom stereocenters. The Morgan fingerprint density at radius 1 is 1.27 bits per heavy atom. The second kappa shape index (κ2) is 6.59. The van der Waals surface area contributed by atoms with E-state index in [4.69, 9.17) is 0 Å². The van der Waals surface area contributed by atoms with Crippen LogP contribution in [0.15, 0.2) is 35.1 Å². The van der Waals surface area contributed by atoms with Crippen LogP contribution < -0.4 is 10.3 Å². The van der Waals surface area contributed by atoms with Gasteiger partial charge in [-0.25, -0.2) is 4.98 Å². The summed E-state index contributed by atoms with van der Waals surface area (Å²) >= 11 is 0. The number of aromatic amines is 1. The van der Waals surface area contributed by atoms with E-state index in [0.29, 0.717) is 5.82 Å². The Bertz CT molecular complexity index is 868. The third-order valence-electron chi connectivity index (χ3n) is 4.66. The van der Waals surface area contributed by atoms with Gasteiger partial charge in [0.15, 0.2) is 5.78 Å². The Balaban J connectivity index is 1.80. The predicted octanol–water partition coefficient (Wildman–Crippen LogP) is 3.67. The molecule has 0 radical (unpaired) electrons. The average Bonchev–Trinajstić information content (AvgIpc) is 2.49. The number of rotatable bonds is 5. The summed E-state index contributed by atoms with van der Waals surface area (Å²) in [5.41, 5.74) is 0.0614. The number of aromatic nitrogens is 2. The number of nitrogens with zero attached hydrogens (tertiary/aromatic N) is 1. The fourth-order valence-corrected chi connectivity index (χ4v) is 3.30. The highest BCUT2D eigenvalue weighted by Gasteiger charge is 2.41. The molecule has 1 aromatic carbocycles. The summed E-state index contributed by atoms with van der Waals surface area (Å²) in [5.74, 6) is -0.194. The number of hydrogen-bond donors (Lipinski definition) is 1. The molecule has 3 rings (SSSR count). The van der Waals surface area contributed by atoms with E-state index in [1.807, 2.05) is 0 Å². The molecule has 0 unspecified atom stereocenters. The number of ether oxygens (including phenoxy) is 1. The van der Waals surface area contributed by atoms with Gasteiger partial charge >= 0.3 is 6.36 Å². The third kappa shape index (κ3) is 3.95. The first-order valence-corrected chi connectivity index (χ1v) is 8.14. The molecule has 8 heteroatoms. The highest BCUT2D eigenvalue weighted by molar-refractivity contribution is 5.95. The zero-order valence-electron chi connectivity index (χ0n) is 14.0. The van der Waals surface area contributed by atoms with Gasteiger partial charge in [0, 0.05) is 17.9 Å². The number of carbonyl (C=O) groups is 1. The van der Waals surface area contributed by atoms with Crippen molar-refractivity contribution in [3.05, 3.63) is 57.8 Å². The van der Waals surface area contributed by atoms with Gasteiger partial charge in [0.25, 0.3) is 5.56 Å². The minimum atomic E-state index is -4.74. The summed E-state index contributed by atoms with van der Waals surface area (Å²) in [6, 6.07) is 6.79. The van der Waals surface area contributed by atoms with Crippen LogP contribution in [0.2, 0.25) is 0 Å². The molecule has 0 bridgehead atoms. The van der Waals surface area contributed by atoms with Gasteiger partial charge in [-0.05, 0) is 37.5 Å². The number of Topliss-reactive ketones (excluding diaryl/α,β-unsaturated/α-hetero) is 1. The van der Waals surface area contributed by atoms with E-state index in [9.17, 15) is 22.8 Å². The molecule has 138 valence electrons. The molecule has 0 amide bonds. The van der Waals surface area contributed by atoms with Crippen LogP contribution in [0.5, 0.6) is 5.75 Å². The number of nitrogens with one attached hydrogen (secondary N) is 1. The molecule has 1 N–H and O–H groups in total. The van der Waals surface area contributed by atoms with Crippen molar-refractivity contribution in [2.45, 2.75) is 44.4 Å². The van der Waals surface area contributed by atoms with Gasteiger partial charge in [-0.1, -0.05) is 18.6 Å². The van der Waals surface area contributed by atoms with Crippen molar-refractivity contribution in [1.29, 1.82) is 0 Å². The van der Waals surface area contributed by atoms with Gasteiger partial charge in [-0.15, -0.1) is 13.2 Å². The maximum atomic E-state index is 12.6. The van der Waals surface area contributed by atoms with Crippen LogP contribution >= 0.6 is 0 Å². The van der Waals surface area contributed by atoms with Gasteiger partial charge in [-0.3, -0.25) is 9.59 Å². The number of hydrogen-bond acceptors (Lipinski definition) is 4. The van der Waals surface area contributed by atoms with E-state index in [1.165, 1.54) is 18.2 Å². The van der Waals surface area contributed by atoms with Crippen LogP contribution in [0.1, 0.15) is 47.6 Å². The molecule has 0 aliphatic heterocycles. The van der Waals surface area contributed by atoms with Crippen molar-refractivity contribution in [2.24, 2.45) is 0 Å². The largest absolute Gasteiger partial charge is 0.573 e. The van der Waals surface area contributed by atoms with Crippen molar-refractivity contribution in [2.75, 3.05) is 0 Å². The molecule has 1 aliphatic carbocycles. The van der Waals surface area contributed by atoms with Gasteiger partial charge in [0.2, 0.25) is 0 Å². The summed E-state index contributed by atoms with van der Waals surface area (Å²) in [5, 5.41) is 0. The smallest absolute Gasteiger partial charge is 0.406 e. The number of halogens is 3. The summed E-state index contributed by atoms with van der Waals surface area (Å²) in [7, 11) is 0. The monoisotopic (exact) mass is 366 g/mol. The Morgan fingerprint density at radius 2 is 1.92 bits per heavy atom. The molecule has 26 heavy (non-hydrogen) atoms. The number of aryl methyl sites for hydroxylation is 1. The van der Waals surface area contributed by atoms with Gasteiger partial charge in [-0.2, -0.15) is 0 Å². The maximum absolute atomic E-state index is 12.6. The van der Waals surface area contributed by atoms with E-state index in [0.717, 1.165) is 24.8 Å². The highest BCUT2D eigenvalue weighted by Crippen LogP contribution is 2.47. The fraction of sp³-hybridized carbons (Fsp3) is 0.389. The van der Waals surface area contributed by atoms with E-state index < -0.39 is 17.3 Å². The summed E-state index contributed by atoms with van der Waals surface area (Å²) < 4.78 is 40.7. The van der Waals surface area contributed by atoms with Crippen molar-refractivity contribution in [3.8, 4) is 5.75 Å². The second-order valence-corrected chi connectivity index (χ2v) is 6.52. The Labute approximate surface area is 147 Å². The maximum Gasteiger partial charge on any atom is 0.573 e. The first-order chi connectivity index (χ1) is 12.2. The number of ketones is 1. The number of benzene rings is 1. The van der Waals surface area contributed by atoms with Crippen LogP contribution in [0.4, 0.5) is 13.2 Å². The standard InChI is InChI=1S/C18H17F3N2O3/c1-11-22-14(9-16(25)23-11)15(24)10-17(7-2-8-17)12-3-5-13(6-4-12)26-18(19,20)21/h3-6,9H,2,7-8,10H2,1H3,(H,22,23,25). The van der Waals surface area contributed by atoms with Crippen molar-refractivity contribution in [1.82, 2.24) is 9.97 Å². The normalized spacial score (nSPS) is 16.0. The SMILES string of the molecule is Cc1nc(C(=O)CC2(c3ccc(OC(F)(F)F)cc3)CCC2)cc(=O)[nH]1. The molecule has 1 fully saturated rings. The summed E-state index contributed by atoms with van der Waals surface area (Å²) in [6.45, 7) is 1.59. The Hall–Kier alpha value is -2.64. The quantitative estimate of drug-likeness (QED) is 0.820. The van der Waals surface area contributed by atoms with Crippen LogP contribution in [-0.2, 0) is 5.41 Å². The van der Waals surface area contributed by atoms with E-state index in [-0.39, 0.29) is 23.6 Å². The first kappa shape index (κ1) is 18.2. The van der Waals surface area contributed by atoms with Crippen molar-refractivity contribution < 1.29 is 22.7 Å². The molecule has 1 aromatic heterocycles. The molecular formula is C18H17F3N2O3. The van der Waals surface area contributed by atoms with E-state index in [2.05, 4.69) is 14.7 Å². The lowest BCUT2D eigenvalue weighted by atomic mass is 9.61. The average molecular weight is 366 g/mol. The molecule has 1 saturated carbocycles. The fourth-order valence-electron chi connectivity index (χ4n) is 3.30. The van der Waals surface area contributed by atoms with Gasteiger partial charge in [0.1, 0.15) is 17.3 Å². The second-order valence-electron chi connectivity index (χ2n) is 6.52. The lowest BCUT2D eigenvalue weighted by molar-refractivity contribution is -0.274. The number of carbonyl (C=O) groups excluding carboxylic acids is 1. The topological polar surface area (TPSA) is 72.0 Å². The molecule has 5 nitrogen and oxygen atoms in total. The van der Waals surface area contributed by atoms with Crippen molar-refractivity contribution in [3.63, 3.8) is 0 Å². The van der Waals surface area contributed by atoms with Crippen LogP contribution in [0.3, 0.4) is 0 Å². The molecule has 0 spiro atoms. The van der Waals surface area contributed by atoms with Crippen molar-refractivity contribution >= 4 is 5.78 Å². The van der Waals surface area contributed by atoms with Crippen LogP contribution in [0, 0.1) is 6.92 Å². The predicted molar refractivity (Wildman–Crippen MR) is 87.2 cm³/mol. The zero-order valence-corrected chi connectivity index (χ0v) is 14.0. The molecular weight excluding hydrogens is 349 g/mol. The Morgan fingerprint density at radius 3 is 2.42 bits per heavy atom. The Kier molecular flexibility index (Phi) is 4.60. The van der Waals surface area contributed by atoms with Gasteiger partial charge < -0.3 is 9.72 Å². The molecule has 0 saturated heterocycles.